The van der Waals surface area contributed by atoms with Crippen LogP contribution in [0, 0.1) is 5.41 Å². The molecule has 0 bridgehead atoms. The van der Waals surface area contributed by atoms with Gasteiger partial charge in [0.1, 0.15) is 0 Å². The van der Waals surface area contributed by atoms with Gasteiger partial charge in [-0.1, -0.05) is 20.8 Å². The fraction of sp³-hybridized carbons (Fsp3) is 0.889. The third-order valence-electron chi connectivity index (χ3n) is 2.40. The molecule has 0 aromatic carbocycles. The van der Waals surface area contributed by atoms with Gasteiger partial charge in [-0.25, -0.2) is 4.79 Å². The van der Waals surface area contributed by atoms with Gasteiger partial charge in [0.05, 0.1) is 12.6 Å². The molecule has 0 aliphatic carbocycles. The first kappa shape index (κ1) is 10.3. The van der Waals surface area contributed by atoms with Crippen molar-refractivity contribution in [3.63, 3.8) is 0 Å². The van der Waals surface area contributed by atoms with E-state index >= 15 is 0 Å². The molecule has 1 saturated heterocycles. The van der Waals surface area contributed by atoms with Crippen LogP contribution in [-0.2, 0) is 0 Å². The van der Waals surface area contributed by atoms with Crippen LogP contribution in [0.2, 0.25) is 0 Å². The quantitative estimate of drug-likeness (QED) is 0.656. The lowest BCUT2D eigenvalue weighted by molar-refractivity contribution is 0.195. The average Bonchev–Trinajstić information content (AvgIpc) is 2.32. The summed E-state index contributed by atoms with van der Waals surface area (Å²) in [6.07, 6.45) is 0. The van der Waals surface area contributed by atoms with Crippen LogP contribution < -0.4 is 5.32 Å². The molecular formula is C9H18N2O2. The van der Waals surface area contributed by atoms with Crippen LogP contribution in [0.15, 0.2) is 0 Å². The Morgan fingerprint density at radius 2 is 2.23 bits per heavy atom. The lowest BCUT2D eigenvalue weighted by atomic mass is 9.87. The fourth-order valence-corrected chi connectivity index (χ4v) is 1.39. The van der Waals surface area contributed by atoms with Gasteiger partial charge in [-0.2, -0.15) is 0 Å². The van der Waals surface area contributed by atoms with Crippen molar-refractivity contribution in [2.75, 3.05) is 19.7 Å². The predicted octanol–water partition coefficient (Wildman–Crippen LogP) is 0.419. The van der Waals surface area contributed by atoms with Gasteiger partial charge in [-0.3, -0.25) is 0 Å². The summed E-state index contributed by atoms with van der Waals surface area (Å²) < 4.78 is 0. The summed E-state index contributed by atoms with van der Waals surface area (Å²) in [5.41, 5.74) is 0.0832. The van der Waals surface area contributed by atoms with E-state index in [-0.39, 0.29) is 24.1 Å². The number of carbonyl (C=O) groups excluding carboxylic acids is 1. The number of aliphatic hydroxyl groups excluding tert-OH is 1. The highest BCUT2D eigenvalue weighted by molar-refractivity contribution is 5.77. The summed E-state index contributed by atoms with van der Waals surface area (Å²) in [5, 5.41) is 11.6. The monoisotopic (exact) mass is 186 g/mol. The van der Waals surface area contributed by atoms with Crippen LogP contribution in [0.5, 0.6) is 0 Å². The lowest BCUT2D eigenvalue weighted by Crippen LogP contribution is -2.38. The van der Waals surface area contributed by atoms with Crippen LogP contribution in [0.1, 0.15) is 20.8 Å². The summed E-state index contributed by atoms with van der Waals surface area (Å²) in [6, 6.07) is 0.125. The second-order valence-electron chi connectivity index (χ2n) is 4.54. The Hall–Kier alpha value is -0.770. The second kappa shape index (κ2) is 3.54. The van der Waals surface area contributed by atoms with E-state index in [2.05, 4.69) is 26.1 Å². The van der Waals surface area contributed by atoms with Crippen molar-refractivity contribution >= 4 is 6.03 Å². The van der Waals surface area contributed by atoms with Gasteiger partial charge in [0.15, 0.2) is 0 Å². The first-order valence-electron chi connectivity index (χ1n) is 4.61. The Kier molecular flexibility index (Phi) is 2.81. The van der Waals surface area contributed by atoms with Gasteiger partial charge < -0.3 is 15.3 Å². The van der Waals surface area contributed by atoms with Gasteiger partial charge in [-0.15, -0.1) is 0 Å². The van der Waals surface area contributed by atoms with Gasteiger partial charge in [-0.05, 0) is 5.41 Å². The third-order valence-corrected chi connectivity index (χ3v) is 2.40. The molecule has 1 atom stereocenters. The molecule has 0 radical (unpaired) electrons. The van der Waals surface area contributed by atoms with Crippen molar-refractivity contribution in [2.24, 2.45) is 5.41 Å². The van der Waals surface area contributed by atoms with E-state index in [0.717, 1.165) is 0 Å². The van der Waals surface area contributed by atoms with Crippen molar-refractivity contribution in [1.82, 2.24) is 10.2 Å². The zero-order valence-electron chi connectivity index (χ0n) is 8.50. The van der Waals surface area contributed by atoms with Crippen LogP contribution in [-0.4, -0.2) is 41.8 Å². The van der Waals surface area contributed by atoms with Crippen molar-refractivity contribution in [1.29, 1.82) is 0 Å². The third kappa shape index (κ3) is 2.34. The summed E-state index contributed by atoms with van der Waals surface area (Å²) in [4.78, 5) is 13.0. The Labute approximate surface area is 78.9 Å². The molecule has 0 spiro atoms. The fourth-order valence-electron chi connectivity index (χ4n) is 1.39. The topological polar surface area (TPSA) is 52.6 Å². The zero-order chi connectivity index (χ0) is 10.1. The van der Waals surface area contributed by atoms with Crippen LogP contribution in [0.25, 0.3) is 0 Å². The standard InChI is InChI=1S/C9H18N2O2/c1-9(2,3)7-6-11(4-5-12)8(13)10-7/h7,12H,4-6H2,1-3H3,(H,10,13). The van der Waals surface area contributed by atoms with E-state index in [0.29, 0.717) is 13.1 Å². The molecular weight excluding hydrogens is 168 g/mol. The molecule has 0 aromatic rings. The maximum absolute atomic E-state index is 11.3. The minimum Gasteiger partial charge on any atom is -0.395 e. The maximum atomic E-state index is 11.3. The largest absolute Gasteiger partial charge is 0.395 e. The molecule has 4 heteroatoms. The van der Waals surface area contributed by atoms with E-state index in [4.69, 9.17) is 5.11 Å². The highest BCUT2D eigenvalue weighted by atomic mass is 16.3. The molecule has 1 heterocycles. The number of carbonyl (C=O) groups is 1. The lowest BCUT2D eigenvalue weighted by Gasteiger charge is -2.25. The van der Waals surface area contributed by atoms with Crippen molar-refractivity contribution < 1.29 is 9.90 Å². The van der Waals surface area contributed by atoms with Gasteiger partial charge in [0.25, 0.3) is 0 Å². The maximum Gasteiger partial charge on any atom is 0.317 e. The highest BCUT2D eigenvalue weighted by Crippen LogP contribution is 2.23. The summed E-state index contributed by atoms with van der Waals surface area (Å²) >= 11 is 0. The normalized spacial score (nSPS) is 23.5. The SMILES string of the molecule is CC(C)(C)C1CN(CCO)C(=O)N1. The Balaban J connectivity index is 2.55. The number of nitrogens with zero attached hydrogens (tertiary/aromatic N) is 1. The van der Waals surface area contributed by atoms with Crippen LogP contribution in [0.3, 0.4) is 0 Å². The Morgan fingerprint density at radius 3 is 2.62 bits per heavy atom. The van der Waals surface area contributed by atoms with Crippen LogP contribution in [0.4, 0.5) is 4.79 Å². The number of hydrogen-bond acceptors (Lipinski definition) is 2. The molecule has 1 unspecified atom stereocenters. The number of rotatable bonds is 2. The zero-order valence-corrected chi connectivity index (χ0v) is 8.50. The molecule has 1 rings (SSSR count). The molecule has 2 N–H and O–H groups in total. The van der Waals surface area contributed by atoms with E-state index < -0.39 is 0 Å². The van der Waals surface area contributed by atoms with E-state index in [1.54, 1.807) is 4.90 Å². The summed E-state index contributed by atoms with van der Waals surface area (Å²) in [7, 11) is 0. The first-order chi connectivity index (χ1) is 5.95. The molecule has 4 nitrogen and oxygen atoms in total. The number of nitrogens with one attached hydrogen (secondary N) is 1. The van der Waals surface area contributed by atoms with Crippen molar-refractivity contribution in [3.8, 4) is 0 Å². The Morgan fingerprint density at radius 1 is 1.62 bits per heavy atom. The molecule has 13 heavy (non-hydrogen) atoms. The van der Waals surface area contributed by atoms with E-state index in [1.165, 1.54) is 0 Å². The number of urea groups is 1. The number of hydrogen-bond donors (Lipinski definition) is 2. The predicted molar refractivity (Wildman–Crippen MR) is 50.4 cm³/mol. The average molecular weight is 186 g/mol. The molecule has 76 valence electrons. The molecule has 1 aliphatic rings. The van der Waals surface area contributed by atoms with Crippen molar-refractivity contribution in [2.45, 2.75) is 26.8 Å². The molecule has 0 saturated carbocycles. The second-order valence-corrected chi connectivity index (χ2v) is 4.54. The molecule has 0 aromatic heterocycles. The minimum absolute atomic E-state index is 0.0320. The van der Waals surface area contributed by atoms with Gasteiger partial charge in [0.2, 0.25) is 0 Å². The van der Waals surface area contributed by atoms with Crippen LogP contribution >= 0.6 is 0 Å². The van der Waals surface area contributed by atoms with Crippen molar-refractivity contribution in [3.05, 3.63) is 0 Å². The molecule has 2 amide bonds. The molecule has 1 fully saturated rings. The molecule has 1 aliphatic heterocycles. The smallest absolute Gasteiger partial charge is 0.317 e. The minimum atomic E-state index is -0.0611. The summed E-state index contributed by atoms with van der Waals surface area (Å²) in [5.74, 6) is 0. The van der Waals surface area contributed by atoms with E-state index in [1.807, 2.05) is 0 Å². The van der Waals surface area contributed by atoms with E-state index in [9.17, 15) is 4.79 Å². The Bertz CT molecular complexity index is 198. The number of aliphatic hydroxyl groups is 1. The summed E-state index contributed by atoms with van der Waals surface area (Å²) in [6.45, 7) is 7.45. The number of amides is 2. The van der Waals surface area contributed by atoms with Gasteiger partial charge in [0, 0.05) is 13.1 Å². The highest BCUT2D eigenvalue weighted by Gasteiger charge is 2.35. The van der Waals surface area contributed by atoms with Gasteiger partial charge >= 0.3 is 6.03 Å². The first-order valence-corrected chi connectivity index (χ1v) is 4.61. The number of β-amino-alcohol motifs (C(OH)–C–C–N with tert-alkyl or cyclic N) is 1.